The van der Waals surface area contributed by atoms with Crippen molar-refractivity contribution in [1.82, 2.24) is 9.55 Å². The molecule has 0 radical (unpaired) electrons. The number of fused-ring (bicyclic) bond motifs is 1. The number of hydrogen-bond acceptors (Lipinski definition) is 4. The van der Waals surface area contributed by atoms with Crippen LogP contribution in [-0.2, 0) is 9.53 Å². The highest BCUT2D eigenvalue weighted by molar-refractivity contribution is 6.31. The van der Waals surface area contributed by atoms with Crippen LogP contribution in [0.15, 0.2) is 18.2 Å². The zero-order valence-electron chi connectivity index (χ0n) is 11.8. The normalized spacial score (nSPS) is 12.8. The number of benzene rings is 1. The number of carbonyl (C=O) groups excluding carboxylic acids is 1. The van der Waals surface area contributed by atoms with Crippen LogP contribution in [0.25, 0.3) is 11.0 Å². The number of aromatic nitrogens is 2. The second kappa shape index (κ2) is 5.71. The van der Waals surface area contributed by atoms with E-state index >= 15 is 0 Å². The number of ether oxygens (including phenoxy) is 1. The van der Waals surface area contributed by atoms with Crippen molar-refractivity contribution in [3.63, 3.8) is 0 Å². The van der Waals surface area contributed by atoms with Crippen molar-refractivity contribution in [3.8, 4) is 0 Å². The summed E-state index contributed by atoms with van der Waals surface area (Å²) >= 11 is 5.94. The fourth-order valence-electron chi connectivity index (χ4n) is 2.18. The van der Waals surface area contributed by atoms with Crippen LogP contribution in [0.1, 0.15) is 33.2 Å². The molecule has 0 spiro atoms. The Morgan fingerprint density at radius 2 is 2.20 bits per heavy atom. The van der Waals surface area contributed by atoms with Crippen LogP contribution in [0.3, 0.4) is 0 Å². The molecule has 0 saturated carbocycles. The van der Waals surface area contributed by atoms with Gasteiger partial charge in [-0.1, -0.05) is 18.5 Å². The molecule has 2 N–H and O–H groups in total. The average molecular weight is 296 g/mol. The first-order valence-corrected chi connectivity index (χ1v) is 6.95. The predicted molar refractivity (Wildman–Crippen MR) is 79.7 cm³/mol. The molecule has 1 unspecified atom stereocenters. The molecule has 20 heavy (non-hydrogen) atoms. The number of nitrogens with zero attached hydrogens (tertiary/aromatic N) is 2. The Hall–Kier alpha value is -1.75. The highest BCUT2D eigenvalue weighted by Crippen LogP contribution is 2.27. The van der Waals surface area contributed by atoms with E-state index in [0.717, 1.165) is 5.52 Å². The van der Waals surface area contributed by atoms with Crippen LogP contribution in [0.4, 0.5) is 5.95 Å². The van der Waals surface area contributed by atoms with Gasteiger partial charge in [-0.3, -0.25) is 4.57 Å². The number of anilines is 1. The maximum Gasteiger partial charge on any atom is 0.329 e. The van der Waals surface area contributed by atoms with Crippen molar-refractivity contribution >= 4 is 34.6 Å². The van der Waals surface area contributed by atoms with Gasteiger partial charge in [0.25, 0.3) is 0 Å². The molecule has 6 heteroatoms. The summed E-state index contributed by atoms with van der Waals surface area (Å²) < 4.78 is 6.99. The van der Waals surface area contributed by atoms with Gasteiger partial charge in [-0.25, -0.2) is 9.78 Å². The van der Waals surface area contributed by atoms with E-state index in [1.54, 1.807) is 16.7 Å². The van der Waals surface area contributed by atoms with Crippen molar-refractivity contribution in [2.45, 2.75) is 39.3 Å². The summed E-state index contributed by atoms with van der Waals surface area (Å²) in [6, 6.07) is 4.81. The summed E-state index contributed by atoms with van der Waals surface area (Å²) in [7, 11) is 0. The van der Waals surface area contributed by atoms with Gasteiger partial charge >= 0.3 is 5.97 Å². The second-order valence-corrected chi connectivity index (χ2v) is 5.32. The van der Waals surface area contributed by atoms with E-state index in [4.69, 9.17) is 22.1 Å². The largest absolute Gasteiger partial charge is 0.461 e. The maximum absolute atomic E-state index is 12.2. The van der Waals surface area contributed by atoms with E-state index in [2.05, 4.69) is 4.98 Å². The van der Waals surface area contributed by atoms with Gasteiger partial charge in [0.15, 0.2) is 0 Å². The topological polar surface area (TPSA) is 70.1 Å². The number of rotatable bonds is 4. The Morgan fingerprint density at radius 3 is 2.80 bits per heavy atom. The molecule has 1 aromatic carbocycles. The first-order chi connectivity index (χ1) is 9.43. The number of carbonyl (C=O) groups is 1. The second-order valence-electron chi connectivity index (χ2n) is 4.88. The highest BCUT2D eigenvalue weighted by atomic mass is 35.5. The minimum Gasteiger partial charge on any atom is -0.461 e. The lowest BCUT2D eigenvalue weighted by atomic mass is 10.2. The molecule has 0 fully saturated rings. The first kappa shape index (κ1) is 14.7. The van der Waals surface area contributed by atoms with Crippen molar-refractivity contribution in [2.24, 2.45) is 0 Å². The predicted octanol–water partition coefficient (Wildman–Crippen LogP) is 3.17. The van der Waals surface area contributed by atoms with Gasteiger partial charge in [-0.15, -0.1) is 0 Å². The summed E-state index contributed by atoms with van der Waals surface area (Å²) in [5, 5.41) is 0.583. The summed E-state index contributed by atoms with van der Waals surface area (Å²) in [5.74, 6) is -0.0155. The molecule has 2 rings (SSSR count). The molecule has 0 saturated heterocycles. The zero-order valence-corrected chi connectivity index (χ0v) is 12.5. The molecule has 108 valence electrons. The van der Waals surface area contributed by atoms with E-state index in [1.807, 2.05) is 26.8 Å². The van der Waals surface area contributed by atoms with Gasteiger partial charge in [0.1, 0.15) is 6.04 Å². The number of nitrogens with two attached hydrogens (primary N) is 1. The molecule has 1 aromatic heterocycles. The number of imidazole rings is 1. The third kappa shape index (κ3) is 2.72. The van der Waals surface area contributed by atoms with Crippen LogP contribution in [-0.4, -0.2) is 21.6 Å². The van der Waals surface area contributed by atoms with Crippen molar-refractivity contribution in [3.05, 3.63) is 23.2 Å². The summed E-state index contributed by atoms with van der Waals surface area (Å²) in [4.78, 5) is 16.4. The molecule has 5 nitrogen and oxygen atoms in total. The van der Waals surface area contributed by atoms with Gasteiger partial charge in [0, 0.05) is 5.02 Å². The molecule has 0 amide bonds. The SMILES string of the molecule is CCC(C(=O)OC(C)C)n1c(N)nc2cc(Cl)ccc21. The Bertz CT molecular complexity index is 637. The van der Waals surface area contributed by atoms with Gasteiger partial charge < -0.3 is 10.5 Å². The Labute approximate surface area is 122 Å². The van der Waals surface area contributed by atoms with Gasteiger partial charge in [0.05, 0.1) is 17.1 Å². The minimum absolute atomic E-state index is 0.165. The number of halogens is 1. The van der Waals surface area contributed by atoms with Crippen LogP contribution in [0, 0.1) is 0 Å². The van der Waals surface area contributed by atoms with E-state index in [9.17, 15) is 4.79 Å². The number of esters is 1. The summed E-state index contributed by atoms with van der Waals surface area (Å²) in [6.45, 7) is 5.55. The van der Waals surface area contributed by atoms with Crippen molar-refractivity contribution in [1.29, 1.82) is 0 Å². The van der Waals surface area contributed by atoms with Crippen LogP contribution in [0.5, 0.6) is 0 Å². The molecule has 1 atom stereocenters. The molecule has 0 bridgehead atoms. The molecule has 1 heterocycles. The molecular weight excluding hydrogens is 278 g/mol. The summed E-state index contributed by atoms with van der Waals surface area (Å²) in [6.07, 6.45) is 0.408. The monoisotopic (exact) mass is 295 g/mol. The average Bonchev–Trinajstić information content (AvgIpc) is 2.65. The lowest BCUT2D eigenvalue weighted by molar-refractivity contribution is -0.151. The van der Waals surface area contributed by atoms with Crippen LogP contribution < -0.4 is 5.73 Å². The van der Waals surface area contributed by atoms with E-state index < -0.39 is 6.04 Å². The Kier molecular flexibility index (Phi) is 4.18. The molecular formula is C14H18ClN3O2. The standard InChI is InChI=1S/C14H18ClN3O2/c1-4-11(13(19)20-8(2)3)18-12-6-5-9(15)7-10(12)17-14(18)16/h5-8,11H,4H2,1-3H3,(H2,16,17). The van der Waals surface area contributed by atoms with Gasteiger partial charge in [-0.05, 0) is 38.5 Å². The zero-order chi connectivity index (χ0) is 14.9. The highest BCUT2D eigenvalue weighted by Gasteiger charge is 2.25. The van der Waals surface area contributed by atoms with Crippen molar-refractivity contribution in [2.75, 3.05) is 5.73 Å². The lowest BCUT2D eigenvalue weighted by Gasteiger charge is -2.19. The molecule has 0 aliphatic carbocycles. The number of hydrogen-bond donors (Lipinski definition) is 1. The quantitative estimate of drug-likeness (QED) is 0.880. The lowest BCUT2D eigenvalue weighted by Crippen LogP contribution is -2.25. The summed E-state index contributed by atoms with van der Waals surface area (Å²) in [5.41, 5.74) is 7.40. The van der Waals surface area contributed by atoms with Crippen molar-refractivity contribution < 1.29 is 9.53 Å². The minimum atomic E-state index is -0.483. The number of nitrogen functional groups attached to an aromatic ring is 1. The fraction of sp³-hybridized carbons (Fsp3) is 0.429. The molecule has 2 aromatic rings. The molecule has 0 aliphatic rings. The fourth-order valence-corrected chi connectivity index (χ4v) is 2.35. The third-order valence-electron chi connectivity index (χ3n) is 3.00. The van der Waals surface area contributed by atoms with E-state index in [1.165, 1.54) is 0 Å². The van der Waals surface area contributed by atoms with Gasteiger partial charge in [0.2, 0.25) is 5.95 Å². The van der Waals surface area contributed by atoms with Crippen LogP contribution >= 0.6 is 11.6 Å². The maximum atomic E-state index is 12.2. The van der Waals surface area contributed by atoms with E-state index in [0.29, 0.717) is 17.0 Å². The Balaban J connectivity index is 2.49. The smallest absolute Gasteiger partial charge is 0.329 e. The Morgan fingerprint density at radius 1 is 1.50 bits per heavy atom. The van der Waals surface area contributed by atoms with E-state index in [-0.39, 0.29) is 18.0 Å². The first-order valence-electron chi connectivity index (χ1n) is 6.57. The third-order valence-corrected chi connectivity index (χ3v) is 3.24. The van der Waals surface area contributed by atoms with Gasteiger partial charge in [-0.2, -0.15) is 0 Å². The molecule has 0 aliphatic heterocycles. The van der Waals surface area contributed by atoms with Crippen LogP contribution in [0.2, 0.25) is 5.02 Å².